The summed E-state index contributed by atoms with van der Waals surface area (Å²) in [7, 11) is 3.73. The molecule has 0 aliphatic carbocycles. The van der Waals surface area contributed by atoms with Crippen LogP contribution in [0.1, 0.15) is 10.4 Å². The first-order valence-corrected chi connectivity index (χ1v) is 6.24. The highest BCUT2D eigenvalue weighted by molar-refractivity contribution is 6.04. The second-order valence-electron chi connectivity index (χ2n) is 4.63. The van der Waals surface area contributed by atoms with E-state index in [0.717, 1.165) is 5.69 Å². The van der Waals surface area contributed by atoms with Crippen molar-refractivity contribution in [2.45, 2.75) is 0 Å². The van der Waals surface area contributed by atoms with Crippen LogP contribution in [-0.4, -0.2) is 29.3 Å². The van der Waals surface area contributed by atoms with Crippen molar-refractivity contribution in [1.82, 2.24) is 9.47 Å². The summed E-state index contributed by atoms with van der Waals surface area (Å²) in [6.45, 7) is 0. The summed E-state index contributed by atoms with van der Waals surface area (Å²) in [6, 6.07) is 10.2. The lowest BCUT2D eigenvalue weighted by Gasteiger charge is -2.06. The van der Waals surface area contributed by atoms with Crippen molar-refractivity contribution in [3.05, 3.63) is 76.9 Å². The van der Waals surface area contributed by atoms with Crippen LogP contribution in [0.2, 0.25) is 0 Å². The van der Waals surface area contributed by atoms with Gasteiger partial charge in [0.25, 0.3) is 0 Å². The number of carbonyl (C=O) groups is 1. The second-order valence-corrected chi connectivity index (χ2v) is 4.63. The molecule has 0 radical (unpaired) electrons. The summed E-state index contributed by atoms with van der Waals surface area (Å²) in [6.07, 6.45) is 6.66. The van der Waals surface area contributed by atoms with Crippen LogP contribution in [0.15, 0.2) is 65.9 Å². The van der Waals surface area contributed by atoms with Gasteiger partial charge in [0.2, 0.25) is 0 Å². The number of hydrogen-bond acceptors (Lipinski definition) is 3. The number of aromatic nitrogens is 1. The summed E-state index contributed by atoms with van der Waals surface area (Å²) in [5.74, 6) is -0.0369. The first-order valence-electron chi connectivity index (χ1n) is 6.24. The van der Waals surface area contributed by atoms with E-state index in [1.165, 1.54) is 18.2 Å². The van der Waals surface area contributed by atoms with Crippen molar-refractivity contribution in [3.63, 3.8) is 0 Å². The van der Waals surface area contributed by atoms with Crippen LogP contribution in [0.3, 0.4) is 0 Å². The molecular weight excluding hydrogens is 252 g/mol. The monoisotopic (exact) mass is 268 g/mol. The molecule has 20 heavy (non-hydrogen) atoms. The first-order chi connectivity index (χ1) is 9.56. The Kier molecular flexibility index (Phi) is 4.15. The smallest absolute Gasteiger partial charge is 0.187 e. The maximum absolute atomic E-state index is 11.9. The Hall–Kier alpha value is -2.62. The molecule has 0 fully saturated rings. The van der Waals surface area contributed by atoms with E-state index in [4.69, 9.17) is 0 Å². The number of pyridine rings is 1. The van der Waals surface area contributed by atoms with Gasteiger partial charge >= 0.3 is 0 Å². The summed E-state index contributed by atoms with van der Waals surface area (Å²) >= 11 is 0. The van der Waals surface area contributed by atoms with Crippen molar-refractivity contribution < 1.29 is 4.79 Å². The molecule has 0 amide bonds. The summed E-state index contributed by atoms with van der Waals surface area (Å²) < 4.78 is 1.82. The Morgan fingerprint density at radius 1 is 1.05 bits per heavy atom. The maximum Gasteiger partial charge on any atom is 0.187 e. The molecule has 0 bridgehead atoms. The Labute approximate surface area is 117 Å². The molecule has 2 aromatic rings. The van der Waals surface area contributed by atoms with Crippen LogP contribution < -0.4 is 5.43 Å². The fourth-order valence-electron chi connectivity index (χ4n) is 1.70. The molecule has 0 saturated heterocycles. The highest BCUT2D eigenvalue weighted by Crippen LogP contribution is 2.10. The number of allylic oxidation sites excluding steroid dienone is 1. The van der Waals surface area contributed by atoms with Crippen molar-refractivity contribution in [2.75, 3.05) is 14.1 Å². The normalized spacial score (nSPS) is 10.7. The minimum absolute atomic E-state index is 0.0260. The SMILES string of the molecule is CN(C)/C=C/C(=O)c1ccc(-n2ccc(=O)cc2)cc1. The number of nitrogens with zero attached hydrogens (tertiary/aromatic N) is 2. The lowest BCUT2D eigenvalue weighted by molar-refractivity contribution is 0.104. The van der Waals surface area contributed by atoms with E-state index >= 15 is 0 Å². The third-order valence-electron chi connectivity index (χ3n) is 2.77. The van der Waals surface area contributed by atoms with Crippen molar-refractivity contribution in [1.29, 1.82) is 0 Å². The summed E-state index contributed by atoms with van der Waals surface area (Å²) in [4.78, 5) is 24.7. The fourth-order valence-corrected chi connectivity index (χ4v) is 1.70. The van der Waals surface area contributed by atoms with Gasteiger partial charge in [0.05, 0.1) is 0 Å². The largest absolute Gasteiger partial charge is 0.383 e. The van der Waals surface area contributed by atoms with Gasteiger partial charge in [-0.3, -0.25) is 9.59 Å². The van der Waals surface area contributed by atoms with Crippen LogP contribution in [0.25, 0.3) is 5.69 Å². The molecule has 0 spiro atoms. The number of ketones is 1. The molecular formula is C16H16N2O2. The average molecular weight is 268 g/mol. The molecule has 0 N–H and O–H groups in total. The molecule has 4 nitrogen and oxygen atoms in total. The first kappa shape index (κ1) is 13.8. The lowest BCUT2D eigenvalue weighted by Crippen LogP contribution is -2.04. The topological polar surface area (TPSA) is 42.3 Å². The van der Waals surface area contributed by atoms with E-state index < -0.39 is 0 Å². The predicted molar refractivity (Wildman–Crippen MR) is 79.2 cm³/mol. The molecule has 1 aromatic carbocycles. The molecule has 1 aromatic heterocycles. The molecule has 102 valence electrons. The van der Waals surface area contributed by atoms with Gasteiger partial charge in [0, 0.05) is 62.1 Å². The van der Waals surface area contributed by atoms with Crippen molar-refractivity contribution in [2.24, 2.45) is 0 Å². The van der Waals surface area contributed by atoms with Gasteiger partial charge in [-0.1, -0.05) is 0 Å². The quantitative estimate of drug-likeness (QED) is 0.630. The van der Waals surface area contributed by atoms with E-state index in [1.807, 2.05) is 35.7 Å². The summed E-state index contributed by atoms with van der Waals surface area (Å²) in [5, 5.41) is 0. The second kappa shape index (κ2) is 6.02. The Morgan fingerprint density at radius 2 is 1.65 bits per heavy atom. The van der Waals surface area contributed by atoms with Gasteiger partial charge in [-0.2, -0.15) is 0 Å². The number of rotatable bonds is 4. The van der Waals surface area contributed by atoms with Gasteiger partial charge in [-0.25, -0.2) is 0 Å². The molecule has 2 rings (SSSR count). The molecule has 0 aliphatic heterocycles. The minimum Gasteiger partial charge on any atom is -0.383 e. The Bertz CT molecular complexity index is 662. The Morgan fingerprint density at radius 3 is 2.20 bits per heavy atom. The van der Waals surface area contributed by atoms with E-state index in [-0.39, 0.29) is 11.2 Å². The molecule has 1 heterocycles. The van der Waals surface area contributed by atoms with Crippen molar-refractivity contribution in [3.8, 4) is 5.69 Å². The van der Waals surface area contributed by atoms with E-state index in [0.29, 0.717) is 5.56 Å². The predicted octanol–water partition coefficient (Wildman–Crippen LogP) is 2.10. The van der Waals surface area contributed by atoms with Crippen LogP contribution in [0.5, 0.6) is 0 Å². The third-order valence-corrected chi connectivity index (χ3v) is 2.77. The van der Waals surface area contributed by atoms with Crippen LogP contribution >= 0.6 is 0 Å². The van der Waals surface area contributed by atoms with Crippen molar-refractivity contribution >= 4 is 5.78 Å². The van der Waals surface area contributed by atoms with Crippen LogP contribution in [0, 0.1) is 0 Å². The number of hydrogen-bond donors (Lipinski definition) is 0. The number of benzene rings is 1. The highest BCUT2D eigenvalue weighted by atomic mass is 16.1. The fraction of sp³-hybridized carbons (Fsp3) is 0.125. The van der Waals surface area contributed by atoms with E-state index in [2.05, 4.69) is 0 Å². The number of carbonyl (C=O) groups excluding carboxylic acids is 1. The molecule has 0 atom stereocenters. The molecule has 0 aliphatic rings. The summed E-state index contributed by atoms with van der Waals surface area (Å²) in [5.41, 5.74) is 1.51. The van der Waals surface area contributed by atoms with E-state index in [1.54, 1.807) is 30.7 Å². The van der Waals surface area contributed by atoms with Gasteiger partial charge < -0.3 is 9.47 Å². The standard InChI is InChI=1S/C16H16N2O2/c1-17(2)10-9-16(20)13-3-5-14(6-4-13)18-11-7-15(19)8-12-18/h3-12H,1-2H3/b10-9+. The molecule has 0 unspecified atom stereocenters. The van der Waals surface area contributed by atoms with Gasteiger partial charge in [0.15, 0.2) is 11.2 Å². The Balaban J connectivity index is 2.20. The molecule has 0 saturated carbocycles. The minimum atomic E-state index is -0.0369. The maximum atomic E-state index is 11.9. The van der Waals surface area contributed by atoms with Gasteiger partial charge in [-0.05, 0) is 24.3 Å². The lowest BCUT2D eigenvalue weighted by atomic mass is 10.1. The zero-order valence-corrected chi connectivity index (χ0v) is 11.5. The zero-order valence-electron chi connectivity index (χ0n) is 11.5. The van der Waals surface area contributed by atoms with E-state index in [9.17, 15) is 9.59 Å². The van der Waals surface area contributed by atoms with Gasteiger partial charge in [-0.15, -0.1) is 0 Å². The third kappa shape index (κ3) is 3.45. The van der Waals surface area contributed by atoms with Crippen LogP contribution in [0.4, 0.5) is 0 Å². The zero-order chi connectivity index (χ0) is 14.5. The van der Waals surface area contributed by atoms with Gasteiger partial charge in [0.1, 0.15) is 0 Å². The highest BCUT2D eigenvalue weighted by Gasteiger charge is 2.02. The molecule has 4 heteroatoms. The van der Waals surface area contributed by atoms with Crippen LogP contribution in [-0.2, 0) is 0 Å². The average Bonchev–Trinajstić information content (AvgIpc) is 2.46.